The summed E-state index contributed by atoms with van der Waals surface area (Å²) < 4.78 is 15.2. The van der Waals surface area contributed by atoms with Crippen molar-refractivity contribution in [3.05, 3.63) is 101 Å². The van der Waals surface area contributed by atoms with Crippen LogP contribution in [0.1, 0.15) is 31.8 Å². The first-order chi connectivity index (χ1) is 17.4. The van der Waals surface area contributed by atoms with E-state index in [-0.39, 0.29) is 5.70 Å². The van der Waals surface area contributed by atoms with Crippen LogP contribution in [-0.4, -0.2) is 45.3 Å². The zero-order valence-corrected chi connectivity index (χ0v) is 20.0. The molecular weight excluding hydrogens is 462 g/mol. The molecule has 36 heavy (non-hydrogen) atoms. The van der Waals surface area contributed by atoms with Gasteiger partial charge in [-0.2, -0.15) is 5.10 Å². The third kappa shape index (κ3) is 6.80. The van der Waals surface area contributed by atoms with Crippen LogP contribution in [0.3, 0.4) is 0 Å². The Morgan fingerprint density at radius 1 is 0.778 bits per heavy atom. The molecule has 0 aliphatic rings. The number of esters is 1. The summed E-state index contributed by atoms with van der Waals surface area (Å²) in [5.41, 5.74) is 4.38. The lowest BCUT2D eigenvalue weighted by atomic mass is 10.1. The number of hydrogen-bond donors (Lipinski definition) is 2. The van der Waals surface area contributed by atoms with Crippen molar-refractivity contribution < 1.29 is 28.6 Å². The van der Waals surface area contributed by atoms with Crippen LogP contribution in [-0.2, 0) is 9.53 Å². The monoisotopic (exact) mass is 487 g/mol. The van der Waals surface area contributed by atoms with Gasteiger partial charge in [0.1, 0.15) is 5.70 Å². The molecule has 0 fully saturated rings. The maximum atomic E-state index is 12.9. The average Bonchev–Trinajstić information content (AvgIpc) is 2.92. The van der Waals surface area contributed by atoms with Crippen LogP contribution in [0.2, 0.25) is 0 Å². The van der Waals surface area contributed by atoms with Crippen LogP contribution in [0.4, 0.5) is 0 Å². The molecule has 3 rings (SSSR count). The molecule has 0 radical (unpaired) electrons. The van der Waals surface area contributed by atoms with Gasteiger partial charge in [0, 0.05) is 5.56 Å². The Kier molecular flexibility index (Phi) is 8.94. The fourth-order valence-electron chi connectivity index (χ4n) is 3.10. The highest BCUT2D eigenvalue weighted by atomic mass is 16.5. The first-order valence-electron chi connectivity index (χ1n) is 10.8. The zero-order chi connectivity index (χ0) is 25.9. The van der Waals surface area contributed by atoms with Gasteiger partial charge in [-0.05, 0) is 53.6 Å². The minimum atomic E-state index is -0.642. The number of hydrogen-bond acceptors (Lipinski definition) is 7. The Morgan fingerprint density at radius 3 is 2.08 bits per heavy atom. The molecule has 0 heterocycles. The standard InChI is InChI=1S/C27H25N3O6/c1-34-23-14-11-19(16-24(23)35-2)15-22(29-25(31)20-7-5-4-6-8-20)26(32)30-28-17-18-9-12-21(13-10-18)27(33)36-3/h4-17H,1-3H3,(H,29,31)(H,30,32). The second-order valence-electron chi connectivity index (χ2n) is 7.31. The molecule has 0 bridgehead atoms. The molecule has 0 aliphatic carbocycles. The van der Waals surface area contributed by atoms with Crippen LogP contribution < -0.4 is 20.2 Å². The van der Waals surface area contributed by atoms with Gasteiger partial charge in [-0.1, -0.05) is 36.4 Å². The van der Waals surface area contributed by atoms with Gasteiger partial charge in [0.2, 0.25) is 0 Å². The number of benzene rings is 3. The van der Waals surface area contributed by atoms with E-state index in [1.165, 1.54) is 33.6 Å². The third-order valence-electron chi connectivity index (χ3n) is 4.96. The molecule has 9 heteroatoms. The highest BCUT2D eigenvalue weighted by molar-refractivity contribution is 6.05. The number of rotatable bonds is 9. The summed E-state index contributed by atoms with van der Waals surface area (Å²) >= 11 is 0. The molecule has 9 nitrogen and oxygen atoms in total. The van der Waals surface area contributed by atoms with Gasteiger partial charge in [-0.25, -0.2) is 10.2 Å². The summed E-state index contributed by atoms with van der Waals surface area (Å²) in [5, 5.41) is 6.60. The summed E-state index contributed by atoms with van der Waals surface area (Å²) in [6, 6.07) is 20.1. The number of carbonyl (C=O) groups is 3. The Hall–Kier alpha value is -4.92. The minimum Gasteiger partial charge on any atom is -0.493 e. The topological polar surface area (TPSA) is 115 Å². The second-order valence-corrected chi connectivity index (χ2v) is 7.31. The number of ether oxygens (including phenoxy) is 3. The van der Waals surface area contributed by atoms with Crippen molar-refractivity contribution in [3.63, 3.8) is 0 Å². The summed E-state index contributed by atoms with van der Waals surface area (Å²) in [4.78, 5) is 37.2. The van der Waals surface area contributed by atoms with E-state index in [2.05, 4.69) is 20.6 Å². The SMILES string of the molecule is COC(=O)c1ccc(C=NNC(=O)C(=Cc2ccc(OC)c(OC)c2)NC(=O)c2ccccc2)cc1. The molecule has 0 atom stereocenters. The third-order valence-corrected chi connectivity index (χ3v) is 4.96. The second kappa shape index (κ2) is 12.5. The fourth-order valence-corrected chi connectivity index (χ4v) is 3.10. The normalized spacial score (nSPS) is 11.0. The lowest BCUT2D eigenvalue weighted by Crippen LogP contribution is -2.32. The van der Waals surface area contributed by atoms with Crippen LogP contribution in [0.15, 0.2) is 83.6 Å². The minimum absolute atomic E-state index is 0.0331. The molecule has 0 saturated heterocycles. The van der Waals surface area contributed by atoms with E-state index in [1.807, 2.05) is 0 Å². The van der Waals surface area contributed by atoms with Crippen LogP contribution in [0, 0.1) is 0 Å². The van der Waals surface area contributed by atoms with E-state index in [9.17, 15) is 14.4 Å². The number of nitrogens with one attached hydrogen (secondary N) is 2. The van der Waals surface area contributed by atoms with Gasteiger partial charge < -0.3 is 19.5 Å². The smallest absolute Gasteiger partial charge is 0.337 e. The Morgan fingerprint density at radius 2 is 1.44 bits per heavy atom. The molecular formula is C27H25N3O6. The Balaban J connectivity index is 1.82. The fraction of sp³-hybridized carbons (Fsp3) is 0.111. The molecule has 0 unspecified atom stereocenters. The predicted octanol–water partition coefficient (Wildman–Crippen LogP) is 3.41. The van der Waals surface area contributed by atoms with Crippen LogP contribution in [0.5, 0.6) is 11.5 Å². The summed E-state index contributed by atoms with van der Waals surface area (Å²) in [6.07, 6.45) is 2.91. The molecule has 3 aromatic rings. The number of hydrazone groups is 1. The molecule has 0 saturated carbocycles. The predicted molar refractivity (Wildman–Crippen MR) is 135 cm³/mol. The van der Waals surface area contributed by atoms with E-state index in [4.69, 9.17) is 9.47 Å². The van der Waals surface area contributed by atoms with E-state index in [0.717, 1.165) is 0 Å². The molecule has 0 aliphatic heterocycles. The summed E-state index contributed by atoms with van der Waals surface area (Å²) in [5.74, 6) is -0.562. The van der Waals surface area contributed by atoms with Crippen molar-refractivity contribution in [3.8, 4) is 11.5 Å². The quantitative estimate of drug-likeness (QED) is 0.207. The van der Waals surface area contributed by atoms with Gasteiger partial charge in [0.25, 0.3) is 11.8 Å². The van der Waals surface area contributed by atoms with Gasteiger partial charge in [0.05, 0.1) is 33.1 Å². The number of nitrogens with zero attached hydrogens (tertiary/aromatic N) is 1. The lowest BCUT2D eigenvalue weighted by molar-refractivity contribution is -0.117. The number of carbonyl (C=O) groups excluding carboxylic acids is 3. The lowest BCUT2D eigenvalue weighted by Gasteiger charge is -2.11. The molecule has 0 spiro atoms. The maximum absolute atomic E-state index is 12.9. The van der Waals surface area contributed by atoms with Gasteiger partial charge in [-0.15, -0.1) is 0 Å². The van der Waals surface area contributed by atoms with Crippen molar-refractivity contribution >= 4 is 30.1 Å². The van der Waals surface area contributed by atoms with Crippen molar-refractivity contribution in [2.75, 3.05) is 21.3 Å². The van der Waals surface area contributed by atoms with E-state index in [1.54, 1.807) is 72.8 Å². The van der Waals surface area contributed by atoms with Crippen LogP contribution >= 0.6 is 0 Å². The molecule has 2 N–H and O–H groups in total. The average molecular weight is 488 g/mol. The van der Waals surface area contributed by atoms with Crippen LogP contribution in [0.25, 0.3) is 6.08 Å². The number of amides is 2. The maximum Gasteiger partial charge on any atom is 0.337 e. The van der Waals surface area contributed by atoms with Gasteiger partial charge >= 0.3 is 5.97 Å². The van der Waals surface area contributed by atoms with E-state index < -0.39 is 17.8 Å². The van der Waals surface area contributed by atoms with Gasteiger partial charge in [0.15, 0.2) is 11.5 Å². The molecule has 0 aromatic heterocycles. The zero-order valence-electron chi connectivity index (χ0n) is 20.0. The Bertz CT molecular complexity index is 1280. The first-order valence-corrected chi connectivity index (χ1v) is 10.8. The molecule has 2 amide bonds. The highest BCUT2D eigenvalue weighted by Crippen LogP contribution is 2.28. The van der Waals surface area contributed by atoms with Gasteiger partial charge in [-0.3, -0.25) is 9.59 Å². The highest BCUT2D eigenvalue weighted by Gasteiger charge is 2.15. The van der Waals surface area contributed by atoms with Crippen molar-refractivity contribution in [1.29, 1.82) is 0 Å². The largest absolute Gasteiger partial charge is 0.493 e. The van der Waals surface area contributed by atoms with E-state index >= 15 is 0 Å². The van der Waals surface area contributed by atoms with Crippen molar-refractivity contribution in [2.45, 2.75) is 0 Å². The summed E-state index contributed by atoms with van der Waals surface area (Å²) in [6.45, 7) is 0. The molecule has 3 aromatic carbocycles. The van der Waals surface area contributed by atoms with Crippen molar-refractivity contribution in [1.82, 2.24) is 10.7 Å². The summed E-state index contributed by atoms with van der Waals surface area (Å²) in [7, 11) is 4.33. The van der Waals surface area contributed by atoms with E-state index in [0.29, 0.717) is 33.8 Å². The number of methoxy groups -OCH3 is 3. The Labute approximate surface area is 208 Å². The molecule has 184 valence electrons. The first kappa shape index (κ1) is 25.7. The van der Waals surface area contributed by atoms with Crippen molar-refractivity contribution in [2.24, 2.45) is 5.10 Å².